The van der Waals surface area contributed by atoms with E-state index in [0.29, 0.717) is 16.6 Å². The number of nitrogens with zero attached hydrogens (tertiary/aromatic N) is 2. The van der Waals surface area contributed by atoms with Crippen molar-refractivity contribution in [3.05, 3.63) is 28.2 Å². The van der Waals surface area contributed by atoms with Crippen LogP contribution in [0.1, 0.15) is 18.9 Å². The molecule has 0 fully saturated rings. The van der Waals surface area contributed by atoms with E-state index in [1.165, 1.54) is 17.0 Å². The summed E-state index contributed by atoms with van der Waals surface area (Å²) in [6, 6.07) is 6.61. The Kier molecular flexibility index (Phi) is 5.03. The Balaban J connectivity index is 3.10. The van der Waals surface area contributed by atoms with Crippen LogP contribution in [0.15, 0.2) is 22.7 Å². The zero-order valence-electron chi connectivity index (χ0n) is 9.76. The highest BCUT2D eigenvalue weighted by Gasteiger charge is 2.31. The zero-order chi connectivity index (χ0) is 13.8. The molecule has 1 rings (SSSR count). The highest BCUT2D eigenvalue weighted by Crippen LogP contribution is 2.27. The maximum absolute atomic E-state index is 12.5. The standard InChI is InChI=1S/C12H12BrF3N2/c1-2-5-18(8-12(14,15)16)11-4-3-10(13)6-9(11)7-17/h3-4,6H,2,5,8H2,1H3. The van der Waals surface area contributed by atoms with Crippen molar-refractivity contribution in [3.8, 4) is 6.07 Å². The van der Waals surface area contributed by atoms with Crippen LogP contribution in [0, 0.1) is 11.3 Å². The summed E-state index contributed by atoms with van der Waals surface area (Å²) in [5.41, 5.74) is 0.557. The fourth-order valence-corrected chi connectivity index (χ4v) is 2.01. The van der Waals surface area contributed by atoms with Gasteiger partial charge in [-0.25, -0.2) is 0 Å². The van der Waals surface area contributed by atoms with Gasteiger partial charge in [0.05, 0.1) is 11.3 Å². The topological polar surface area (TPSA) is 27.0 Å². The first-order valence-electron chi connectivity index (χ1n) is 5.38. The molecule has 2 nitrogen and oxygen atoms in total. The quantitative estimate of drug-likeness (QED) is 0.835. The highest BCUT2D eigenvalue weighted by atomic mass is 79.9. The molecule has 6 heteroatoms. The fourth-order valence-electron chi connectivity index (χ4n) is 1.64. The predicted octanol–water partition coefficient (Wildman–Crippen LogP) is 4.10. The Morgan fingerprint density at radius 3 is 2.56 bits per heavy atom. The van der Waals surface area contributed by atoms with E-state index in [2.05, 4.69) is 15.9 Å². The third-order valence-corrected chi connectivity index (χ3v) is 2.78. The van der Waals surface area contributed by atoms with Crippen molar-refractivity contribution >= 4 is 21.6 Å². The molecule has 0 unspecified atom stereocenters. The molecule has 0 atom stereocenters. The molecule has 0 aliphatic rings. The molecule has 0 amide bonds. The first-order valence-corrected chi connectivity index (χ1v) is 6.18. The molecule has 0 bridgehead atoms. The van der Waals surface area contributed by atoms with Gasteiger partial charge in [-0.3, -0.25) is 0 Å². The predicted molar refractivity (Wildman–Crippen MR) is 67.4 cm³/mol. The monoisotopic (exact) mass is 320 g/mol. The molecule has 0 spiro atoms. The summed E-state index contributed by atoms with van der Waals surface area (Å²) in [5.74, 6) is 0. The molecule has 0 saturated carbocycles. The van der Waals surface area contributed by atoms with E-state index in [1.54, 1.807) is 13.0 Å². The second kappa shape index (κ2) is 6.10. The van der Waals surface area contributed by atoms with Crippen LogP contribution in [-0.2, 0) is 0 Å². The average molecular weight is 321 g/mol. The number of benzene rings is 1. The molecule has 18 heavy (non-hydrogen) atoms. The molecule has 0 saturated heterocycles. The fraction of sp³-hybridized carbons (Fsp3) is 0.417. The molecular formula is C12H12BrF3N2. The van der Waals surface area contributed by atoms with Crippen LogP contribution in [-0.4, -0.2) is 19.3 Å². The summed E-state index contributed by atoms with van der Waals surface area (Å²) in [6.45, 7) is 1.02. The van der Waals surface area contributed by atoms with Crippen LogP contribution in [0.4, 0.5) is 18.9 Å². The van der Waals surface area contributed by atoms with Crippen molar-refractivity contribution in [3.63, 3.8) is 0 Å². The summed E-state index contributed by atoms with van der Waals surface area (Å²) < 4.78 is 38.2. The van der Waals surface area contributed by atoms with Gasteiger partial charge in [0.1, 0.15) is 12.6 Å². The lowest BCUT2D eigenvalue weighted by Gasteiger charge is -2.26. The Bertz CT molecular complexity index is 452. The van der Waals surface area contributed by atoms with Gasteiger partial charge in [0.2, 0.25) is 0 Å². The Labute approximate surface area is 112 Å². The van der Waals surface area contributed by atoms with Crippen molar-refractivity contribution in [2.45, 2.75) is 19.5 Å². The number of hydrogen-bond acceptors (Lipinski definition) is 2. The van der Waals surface area contributed by atoms with Gasteiger partial charge < -0.3 is 4.90 Å². The van der Waals surface area contributed by atoms with Crippen molar-refractivity contribution in [2.75, 3.05) is 18.0 Å². The Morgan fingerprint density at radius 1 is 1.39 bits per heavy atom. The van der Waals surface area contributed by atoms with Crippen LogP contribution in [0.25, 0.3) is 0 Å². The Hall–Kier alpha value is -1.22. The summed E-state index contributed by atoms with van der Waals surface area (Å²) in [5, 5.41) is 8.98. The normalized spacial score (nSPS) is 11.1. The Morgan fingerprint density at radius 2 is 2.06 bits per heavy atom. The SMILES string of the molecule is CCCN(CC(F)(F)F)c1ccc(Br)cc1C#N. The van der Waals surface area contributed by atoms with Crippen molar-refractivity contribution in [2.24, 2.45) is 0 Å². The molecule has 0 aromatic heterocycles. The lowest BCUT2D eigenvalue weighted by atomic mass is 10.1. The maximum atomic E-state index is 12.5. The van der Waals surface area contributed by atoms with Crippen LogP contribution in [0.5, 0.6) is 0 Å². The molecule has 98 valence electrons. The lowest BCUT2D eigenvalue weighted by Crippen LogP contribution is -2.35. The van der Waals surface area contributed by atoms with Gasteiger partial charge in [0, 0.05) is 11.0 Å². The number of rotatable bonds is 4. The second-order valence-electron chi connectivity index (χ2n) is 3.81. The molecular weight excluding hydrogens is 309 g/mol. The van der Waals surface area contributed by atoms with Gasteiger partial charge >= 0.3 is 6.18 Å². The number of hydrogen-bond donors (Lipinski definition) is 0. The van der Waals surface area contributed by atoms with E-state index < -0.39 is 12.7 Å². The molecule has 0 aliphatic carbocycles. The number of nitriles is 1. The number of halogens is 4. The van der Waals surface area contributed by atoms with Gasteiger partial charge in [0.25, 0.3) is 0 Å². The molecule has 0 aliphatic heterocycles. The molecule has 1 aromatic rings. The molecule has 0 N–H and O–H groups in total. The van der Waals surface area contributed by atoms with Crippen LogP contribution in [0.2, 0.25) is 0 Å². The second-order valence-corrected chi connectivity index (χ2v) is 4.73. The first kappa shape index (κ1) is 14.8. The third kappa shape index (κ3) is 4.22. The van der Waals surface area contributed by atoms with E-state index in [-0.39, 0.29) is 12.1 Å². The minimum absolute atomic E-state index is 0.238. The van der Waals surface area contributed by atoms with Crippen LogP contribution < -0.4 is 4.90 Å². The van der Waals surface area contributed by atoms with Crippen molar-refractivity contribution < 1.29 is 13.2 Å². The average Bonchev–Trinajstić information content (AvgIpc) is 2.26. The summed E-state index contributed by atoms with van der Waals surface area (Å²) in [6.07, 6.45) is -3.70. The largest absolute Gasteiger partial charge is 0.405 e. The van der Waals surface area contributed by atoms with E-state index in [9.17, 15) is 13.2 Å². The highest BCUT2D eigenvalue weighted by molar-refractivity contribution is 9.10. The number of alkyl halides is 3. The van der Waals surface area contributed by atoms with Gasteiger partial charge in [-0.15, -0.1) is 0 Å². The first-order chi connectivity index (χ1) is 8.37. The lowest BCUT2D eigenvalue weighted by molar-refractivity contribution is -0.119. The van der Waals surface area contributed by atoms with Gasteiger partial charge in [-0.05, 0) is 24.6 Å². The van der Waals surface area contributed by atoms with Crippen molar-refractivity contribution in [1.29, 1.82) is 5.26 Å². The van der Waals surface area contributed by atoms with Gasteiger partial charge in [-0.1, -0.05) is 22.9 Å². The van der Waals surface area contributed by atoms with E-state index in [1.807, 2.05) is 6.07 Å². The van der Waals surface area contributed by atoms with E-state index >= 15 is 0 Å². The smallest absolute Gasteiger partial charge is 0.362 e. The minimum Gasteiger partial charge on any atom is -0.362 e. The van der Waals surface area contributed by atoms with Gasteiger partial charge in [-0.2, -0.15) is 18.4 Å². The van der Waals surface area contributed by atoms with Crippen molar-refractivity contribution in [1.82, 2.24) is 0 Å². The third-order valence-electron chi connectivity index (χ3n) is 2.28. The van der Waals surface area contributed by atoms with Gasteiger partial charge in [0.15, 0.2) is 0 Å². The number of anilines is 1. The van der Waals surface area contributed by atoms with Crippen LogP contribution >= 0.6 is 15.9 Å². The zero-order valence-corrected chi connectivity index (χ0v) is 11.3. The molecule has 1 aromatic carbocycles. The molecule has 0 radical (unpaired) electrons. The van der Waals surface area contributed by atoms with E-state index in [0.717, 1.165) is 0 Å². The van der Waals surface area contributed by atoms with Crippen LogP contribution in [0.3, 0.4) is 0 Å². The summed E-state index contributed by atoms with van der Waals surface area (Å²) in [4.78, 5) is 1.19. The van der Waals surface area contributed by atoms with E-state index in [4.69, 9.17) is 5.26 Å². The maximum Gasteiger partial charge on any atom is 0.405 e. The minimum atomic E-state index is -4.28. The summed E-state index contributed by atoms with van der Waals surface area (Å²) in [7, 11) is 0. The summed E-state index contributed by atoms with van der Waals surface area (Å²) >= 11 is 3.19. The molecule has 0 heterocycles.